The van der Waals surface area contributed by atoms with Crippen LogP contribution in [0.25, 0.3) is 0 Å². The number of urea groups is 1. The number of nitrogens with zero attached hydrogens (tertiary/aromatic N) is 1. The maximum Gasteiger partial charge on any atom is 0.318 e. The lowest BCUT2D eigenvalue weighted by atomic mass is 10.1. The Bertz CT molecular complexity index is 374. The van der Waals surface area contributed by atoms with Gasteiger partial charge in [0.25, 0.3) is 0 Å². The van der Waals surface area contributed by atoms with E-state index >= 15 is 0 Å². The van der Waals surface area contributed by atoms with Gasteiger partial charge in [-0.25, -0.2) is 4.79 Å². The average Bonchev–Trinajstić information content (AvgIpc) is 2.39. The molecule has 1 heterocycles. The third-order valence-corrected chi connectivity index (χ3v) is 3.15. The van der Waals surface area contributed by atoms with Gasteiger partial charge < -0.3 is 25.4 Å². The first kappa shape index (κ1) is 16.2. The van der Waals surface area contributed by atoms with Gasteiger partial charge in [-0.3, -0.25) is 9.59 Å². The van der Waals surface area contributed by atoms with E-state index in [0.717, 1.165) is 0 Å². The van der Waals surface area contributed by atoms with Crippen LogP contribution in [0.4, 0.5) is 4.79 Å². The summed E-state index contributed by atoms with van der Waals surface area (Å²) in [5.41, 5.74) is 0. The van der Waals surface area contributed by atoms with Crippen molar-refractivity contribution in [1.29, 1.82) is 0 Å². The van der Waals surface area contributed by atoms with Crippen molar-refractivity contribution >= 4 is 17.9 Å². The number of ether oxygens (including phenoxy) is 1. The van der Waals surface area contributed by atoms with Gasteiger partial charge in [-0.05, 0) is 6.42 Å². The van der Waals surface area contributed by atoms with E-state index in [4.69, 9.17) is 9.84 Å². The van der Waals surface area contributed by atoms with Crippen LogP contribution in [0.15, 0.2) is 0 Å². The second kappa shape index (κ2) is 7.68. The second-order valence-electron chi connectivity index (χ2n) is 4.61. The highest BCUT2D eigenvalue weighted by Gasteiger charge is 2.35. The van der Waals surface area contributed by atoms with Crippen molar-refractivity contribution in [2.75, 3.05) is 26.8 Å². The second-order valence-corrected chi connectivity index (χ2v) is 4.61. The molecule has 0 bridgehead atoms. The highest BCUT2D eigenvalue weighted by molar-refractivity contribution is 5.91. The zero-order valence-corrected chi connectivity index (χ0v) is 11.7. The first-order valence-electron chi connectivity index (χ1n) is 6.55. The Morgan fingerprint density at radius 2 is 2.30 bits per heavy atom. The molecule has 1 fully saturated rings. The molecule has 2 unspecified atom stereocenters. The fourth-order valence-corrected chi connectivity index (χ4v) is 2.05. The van der Waals surface area contributed by atoms with Gasteiger partial charge in [0.05, 0.1) is 19.1 Å². The standard InChI is InChI=1S/C12H21N3O5/c1-3-8(7-20-2)14-12(19)15-5-4-13-11(18)9(15)6-10(16)17/h8-9H,3-7H2,1-2H3,(H,13,18)(H,14,19)(H,16,17). The first-order valence-corrected chi connectivity index (χ1v) is 6.55. The summed E-state index contributed by atoms with van der Waals surface area (Å²) in [4.78, 5) is 35.9. The molecule has 0 aromatic carbocycles. The summed E-state index contributed by atoms with van der Waals surface area (Å²) in [5, 5.41) is 14.2. The number of amides is 3. The van der Waals surface area contributed by atoms with Crippen molar-refractivity contribution in [3.63, 3.8) is 0 Å². The van der Waals surface area contributed by atoms with Crippen molar-refractivity contribution < 1.29 is 24.2 Å². The maximum absolute atomic E-state index is 12.2. The van der Waals surface area contributed by atoms with Crippen LogP contribution in [-0.4, -0.2) is 66.8 Å². The van der Waals surface area contributed by atoms with Crippen LogP contribution in [0.1, 0.15) is 19.8 Å². The van der Waals surface area contributed by atoms with Gasteiger partial charge in [0.1, 0.15) is 6.04 Å². The molecule has 1 rings (SSSR count). The summed E-state index contributed by atoms with van der Waals surface area (Å²) in [6, 6.07) is -1.57. The number of carbonyl (C=O) groups is 3. The average molecular weight is 287 g/mol. The largest absolute Gasteiger partial charge is 0.481 e. The van der Waals surface area contributed by atoms with Crippen molar-refractivity contribution in [1.82, 2.24) is 15.5 Å². The minimum atomic E-state index is -1.12. The van der Waals surface area contributed by atoms with Crippen LogP contribution in [0.5, 0.6) is 0 Å². The zero-order valence-electron chi connectivity index (χ0n) is 11.7. The number of rotatable bonds is 6. The summed E-state index contributed by atoms with van der Waals surface area (Å²) >= 11 is 0. The number of carbonyl (C=O) groups excluding carboxylic acids is 2. The van der Waals surface area contributed by atoms with E-state index in [0.29, 0.717) is 26.1 Å². The molecule has 2 atom stereocenters. The van der Waals surface area contributed by atoms with Crippen LogP contribution in [0.3, 0.4) is 0 Å². The molecule has 0 radical (unpaired) electrons. The Hall–Kier alpha value is -1.83. The van der Waals surface area contributed by atoms with Crippen molar-refractivity contribution in [3.8, 4) is 0 Å². The van der Waals surface area contributed by atoms with E-state index < -0.39 is 30.4 Å². The van der Waals surface area contributed by atoms with Gasteiger partial charge in [0, 0.05) is 20.2 Å². The number of carboxylic acids is 1. The number of methoxy groups -OCH3 is 1. The Morgan fingerprint density at radius 1 is 1.60 bits per heavy atom. The number of hydrogen-bond donors (Lipinski definition) is 3. The molecule has 114 valence electrons. The van der Waals surface area contributed by atoms with Gasteiger partial charge >= 0.3 is 12.0 Å². The molecular formula is C12H21N3O5. The minimum Gasteiger partial charge on any atom is -0.481 e. The third kappa shape index (κ3) is 4.37. The monoisotopic (exact) mass is 287 g/mol. The number of hydrogen-bond acceptors (Lipinski definition) is 4. The van der Waals surface area contributed by atoms with E-state index in [9.17, 15) is 14.4 Å². The molecule has 8 heteroatoms. The van der Waals surface area contributed by atoms with Crippen LogP contribution >= 0.6 is 0 Å². The molecule has 1 saturated heterocycles. The topological polar surface area (TPSA) is 108 Å². The van der Waals surface area contributed by atoms with E-state index in [1.54, 1.807) is 0 Å². The highest BCUT2D eigenvalue weighted by Crippen LogP contribution is 2.10. The SMILES string of the molecule is CCC(COC)NC(=O)N1CCNC(=O)C1CC(=O)O. The van der Waals surface area contributed by atoms with Gasteiger partial charge in [-0.1, -0.05) is 6.92 Å². The normalized spacial score (nSPS) is 20.2. The smallest absolute Gasteiger partial charge is 0.318 e. The molecule has 8 nitrogen and oxygen atoms in total. The van der Waals surface area contributed by atoms with Gasteiger partial charge in [-0.15, -0.1) is 0 Å². The maximum atomic E-state index is 12.2. The predicted octanol–water partition coefficient (Wildman–Crippen LogP) is -0.604. The lowest BCUT2D eigenvalue weighted by Crippen LogP contribution is -2.61. The number of piperazine rings is 1. The van der Waals surface area contributed by atoms with Crippen molar-refractivity contribution in [2.45, 2.75) is 31.8 Å². The van der Waals surface area contributed by atoms with Crippen LogP contribution < -0.4 is 10.6 Å². The molecule has 0 spiro atoms. The minimum absolute atomic E-state index is 0.164. The molecule has 0 aromatic rings. The molecule has 1 aliphatic heterocycles. The zero-order chi connectivity index (χ0) is 15.1. The lowest BCUT2D eigenvalue weighted by molar-refractivity contribution is -0.142. The number of nitrogens with one attached hydrogen (secondary N) is 2. The van der Waals surface area contributed by atoms with Gasteiger partial charge in [0.2, 0.25) is 5.91 Å². The Kier molecular flexibility index (Phi) is 6.23. The van der Waals surface area contributed by atoms with Gasteiger partial charge in [0.15, 0.2) is 0 Å². The van der Waals surface area contributed by atoms with E-state index in [1.807, 2.05) is 6.92 Å². The summed E-state index contributed by atoms with van der Waals surface area (Å²) < 4.78 is 4.99. The molecule has 3 N–H and O–H groups in total. The molecule has 0 saturated carbocycles. The summed E-state index contributed by atoms with van der Waals surface area (Å²) in [6.45, 7) is 2.88. The molecule has 20 heavy (non-hydrogen) atoms. The fraction of sp³-hybridized carbons (Fsp3) is 0.750. The van der Waals surface area contributed by atoms with E-state index in [2.05, 4.69) is 10.6 Å². The molecule has 0 aliphatic carbocycles. The van der Waals surface area contributed by atoms with Crippen LogP contribution in [0, 0.1) is 0 Å². The quantitative estimate of drug-likeness (QED) is 0.604. The first-order chi connectivity index (χ1) is 9.49. The number of carboxylic acid groups (broad SMARTS) is 1. The Morgan fingerprint density at radius 3 is 2.85 bits per heavy atom. The molecular weight excluding hydrogens is 266 g/mol. The van der Waals surface area contributed by atoms with Crippen molar-refractivity contribution in [3.05, 3.63) is 0 Å². The highest BCUT2D eigenvalue weighted by atomic mass is 16.5. The van der Waals surface area contributed by atoms with Crippen LogP contribution in [-0.2, 0) is 14.3 Å². The predicted molar refractivity (Wildman–Crippen MR) is 70.2 cm³/mol. The molecule has 1 aliphatic rings. The Labute approximate surface area is 117 Å². The van der Waals surface area contributed by atoms with Crippen LogP contribution in [0.2, 0.25) is 0 Å². The van der Waals surface area contributed by atoms with E-state index in [1.165, 1.54) is 12.0 Å². The third-order valence-electron chi connectivity index (χ3n) is 3.15. The summed E-state index contributed by atoms with van der Waals surface area (Å²) in [7, 11) is 1.54. The lowest BCUT2D eigenvalue weighted by Gasteiger charge is -2.35. The summed E-state index contributed by atoms with van der Waals surface area (Å²) in [5.74, 6) is -1.55. The molecule has 0 aromatic heterocycles. The Balaban J connectivity index is 2.71. The van der Waals surface area contributed by atoms with Gasteiger partial charge in [-0.2, -0.15) is 0 Å². The van der Waals surface area contributed by atoms with Crippen molar-refractivity contribution in [2.24, 2.45) is 0 Å². The number of aliphatic carboxylic acids is 1. The summed E-state index contributed by atoms with van der Waals surface area (Å²) in [6.07, 6.45) is 0.281. The molecule has 3 amide bonds. The van der Waals surface area contributed by atoms with E-state index in [-0.39, 0.29) is 6.04 Å². The fourth-order valence-electron chi connectivity index (χ4n) is 2.05.